The molecule has 1 N–H and O–H groups in total. The molecule has 1 saturated carbocycles. The van der Waals surface area contributed by atoms with Crippen LogP contribution in [0.5, 0.6) is 0 Å². The van der Waals surface area contributed by atoms with Gasteiger partial charge in [-0.05, 0) is 44.7 Å². The molecule has 0 aliphatic heterocycles. The summed E-state index contributed by atoms with van der Waals surface area (Å²) in [5, 5.41) is 0. The number of nitrogens with one attached hydrogen (secondary N) is 1. The van der Waals surface area contributed by atoms with Crippen molar-refractivity contribution in [1.29, 1.82) is 0 Å². The molecule has 32 heavy (non-hydrogen) atoms. The molecule has 0 saturated heterocycles. The van der Waals surface area contributed by atoms with Crippen LogP contribution < -0.4 is 4.72 Å². The highest BCUT2D eigenvalue weighted by atomic mass is 32.2. The number of hydrogen-bond donors (Lipinski definition) is 1. The number of unbranched alkanes of at least 4 members (excludes halogenated alkanes) is 1. The molecule has 2 aromatic carbocycles. The first-order chi connectivity index (χ1) is 15.3. The van der Waals surface area contributed by atoms with E-state index in [1.165, 1.54) is 25.7 Å². The van der Waals surface area contributed by atoms with Crippen LogP contribution in [0.1, 0.15) is 88.6 Å². The van der Waals surface area contributed by atoms with Gasteiger partial charge in [0.1, 0.15) is 0 Å². The van der Waals surface area contributed by atoms with Gasteiger partial charge in [-0.2, -0.15) is 0 Å². The molecule has 1 aliphatic rings. The lowest BCUT2D eigenvalue weighted by Gasteiger charge is -2.29. The third-order valence-corrected chi connectivity index (χ3v) is 7.12. The van der Waals surface area contributed by atoms with Gasteiger partial charge < -0.3 is 0 Å². The molecular formula is C27H41NO3S. The Balaban J connectivity index is 0.000000388. The van der Waals surface area contributed by atoms with Gasteiger partial charge in [0, 0.05) is 11.6 Å². The molecule has 3 rings (SSSR count). The van der Waals surface area contributed by atoms with Crippen LogP contribution in [0, 0.1) is 12.8 Å². The second kappa shape index (κ2) is 15.0. The van der Waals surface area contributed by atoms with Gasteiger partial charge >= 0.3 is 0 Å². The minimum atomic E-state index is -3.37. The van der Waals surface area contributed by atoms with E-state index in [0.717, 1.165) is 30.4 Å². The van der Waals surface area contributed by atoms with Gasteiger partial charge in [0.05, 0.1) is 4.90 Å². The molecule has 0 amide bonds. The van der Waals surface area contributed by atoms with Crippen molar-refractivity contribution in [1.82, 2.24) is 4.72 Å². The first-order valence-electron chi connectivity index (χ1n) is 12.0. The Morgan fingerprint density at radius 3 is 2.16 bits per heavy atom. The van der Waals surface area contributed by atoms with E-state index in [4.69, 9.17) is 0 Å². The number of carbonyl (C=O) groups is 1. The predicted octanol–water partition coefficient (Wildman–Crippen LogP) is 6.94. The molecule has 0 bridgehead atoms. The first-order valence-corrected chi connectivity index (χ1v) is 13.4. The Bertz CT molecular complexity index is 877. The minimum Gasteiger partial charge on any atom is -0.295 e. The number of aryl methyl sites for hydroxylation is 1. The molecular weight excluding hydrogens is 418 g/mol. The summed E-state index contributed by atoms with van der Waals surface area (Å²) in [6, 6.07) is 16.4. The van der Waals surface area contributed by atoms with Crippen LogP contribution in [0.2, 0.25) is 0 Å². The fraction of sp³-hybridized carbons (Fsp3) is 0.519. The van der Waals surface area contributed by atoms with Gasteiger partial charge in [-0.3, -0.25) is 4.79 Å². The van der Waals surface area contributed by atoms with Crippen molar-refractivity contribution in [2.24, 2.45) is 5.92 Å². The maximum Gasteiger partial charge on any atom is 0.240 e. The zero-order valence-corrected chi connectivity index (χ0v) is 21.3. The molecule has 178 valence electrons. The number of rotatable bonds is 7. The van der Waals surface area contributed by atoms with Crippen LogP contribution in [0.3, 0.4) is 0 Å². The monoisotopic (exact) mass is 459 g/mol. The van der Waals surface area contributed by atoms with Gasteiger partial charge in [0.15, 0.2) is 5.78 Å². The molecule has 2 unspecified atom stereocenters. The second-order valence-electron chi connectivity index (χ2n) is 8.23. The zero-order chi connectivity index (χ0) is 24.0. The van der Waals surface area contributed by atoms with Crippen LogP contribution in [0.4, 0.5) is 0 Å². The zero-order valence-electron chi connectivity index (χ0n) is 20.4. The van der Waals surface area contributed by atoms with Crippen LogP contribution in [0.25, 0.3) is 0 Å². The third-order valence-electron chi connectivity index (χ3n) is 5.58. The number of sulfonamides is 1. The van der Waals surface area contributed by atoms with Gasteiger partial charge in [-0.25, -0.2) is 13.1 Å². The van der Waals surface area contributed by atoms with E-state index >= 15 is 0 Å². The summed E-state index contributed by atoms with van der Waals surface area (Å²) in [7, 11) is -3.37. The molecule has 1 fully saturated rings. The van der Waals surface area contributed by atoms with Gasteiger partial charge in [-0.15, -0.1) is 0 Å². The average Bonchev–Trinajstić information content (AvgIpc) is 2.80. The quantitative estimate of drug-likeness (QED) is 0.456. The Morgan fingerprint density at radius 2 is 1.62 bits per heavy atom. The largest absolute Gasteiger partial charge is 0.295 e. The molecule has 0 aromatic heterocycles. The Hall–Kier alpha value is -1.98. The highest BCUT2D eigenvalue weighted by Gasteiger charge is 2.26. The number of benzene rings is 2. The fourth-order valence-corrected chi connectivity index (χ4v) is 5.11. The van der Waals surface area contributed by atoms with Gasteiger partial charge in [0.2, 0.25) is 10.0 Å². The summed E-state index contributed by atoms with van der Waals surface area (Å²) in [6.07, 6.45) is 8.05. The summed E-state index contributed by atoms with van der Waals surface area (Å²) in [5.41, 5.74) is 1.85. The maximum atomic E-state index is 12.4. The summed E-state index contributed by atoms with van der Waals surface area (Å²) >= 11 is 0. The second-order valence-corrected chi connectivity index (χ2v) is 9.94. The topological polar surface area (TPSA) is 63.2 Å². The molecule has 4 nitrogen and oxygen atoms in total. The van der Waals surface area contributed by atoms with Crippen molar-refractivity contribution in [2.45, 2.75) is 90.5 Å². The smallest absolute Gasteiger partial charge is 0.240 e. The molecule has 2 atom stereocenters. The van der Waals surface area contributed by atoms with Crippen molar-refractivity contribution in [3.63, 3.8) is 0 Å². The van der Waals surface area contributed by atoms with E-state index in [1.54, 1.807) is 19.1 Å². The number of Topliss-reactive ketones (excluding diaryl/α,β-unsaturated/α-hetero) is 1. The van der Waals surface area contributed by atoms with Crippen LogP contribution >= 0.6 is 0 Å². The highest BCUT2D eigenvalue weighted by Crippen LogP contribution is 2.29. The lowest BCUT2D eigenvalue weighted by atomic mass is 9.83. The van der Waals surface area contributed by atoms with E-state index in [0.29, 0.717) is 10.8 Å². The molecule has 2 aromatic rings. The lowest BCUT2D eigenvalue weighted by Crippen LogP contribution is -2.38. The van der Waals surface area contributed by atoms with Crippen LogP contribution in [-0.4, -0.2) is 20.2 Å². The summed E-state index contributed by atoms with van der Waals surface area (Å²) in [5.74, 6) is 0.806. The number of carbonyl (C=O) groups excluding carboxylic acids is 1. The van der Waals surface area contributed by atoms with E-state index < -0.39 is 10.0 Å². The average molecular weight is 460 g/mol. The minimum absolute atomic E-state index is 0.104. The van der Waals surface area contributed by atoms with Crippen molar-refractivity contribution in [3.05, 3.63) is 65.7 Å². The van der Waals surface area contributed by atoms with Crippen LogP contribution in [-0.2, 0) is 10.0 Å². The molecule has 5 heteroatoms. The fourth-order valence-electron chi connectivity index (χ4n) is 3.83. The summed E-state index contributed by atoms with van der Waals surface area (Å²) < 4.78 is 27.8. The van der Waals surface area contributed by atoms with Crippen molar-refractivity contribution in [3.8, 4) is 0 Å². The first kappa shape index (κ1) is 28.1. The number of ketones is 1. The van der Waals surface area contributed by atoms with E-state index in [1.807, 2.05) is 63.2 Å². The lowest BCUT2D eigenvalue weighted by molar-refractivity contribution is 0.101. The number of hydrogen-bond acceptors (Lipinski definition) is 3. The van der Waals surface area contributed by atoms with E-state index in [-0.39, 0.29) is 11.8 Å². The SMILES string of the molecule is CC.CC(=O)c1ccccc1.CCCCC1CCCC(NS(=O)(=O)c2ccc(C)cc2)C1. The normalized spacial score (nSPS) is 17.9. The molecule has 0 radical (unpaired) electrons. The van der Waals surface area contributed by atoms with Crippen molar-refractivity contribution in [2.75, 3.05) is 0 Å². The summed E-state index contributed by atoms with van der Waals surface area (Å²) in [6.45, 7) is 9.74. The van der Waals surface area contributed by atoms with E-state index in [9.17, 15) is 13.2 Å². The predicted molar refractivity (Wildman–Crippen MR) is 135 cm³/mol. The summed E-state index contributed by atoms with van der Waals surface area (Å²) in [4.78, 5) is 11.0. The van der Waals surface area contributed by atoms with Gasteiger partial charge in [-0.1, -0.05) is 101 Å². The van der Waals surface area contributed by atoms with Crippen molar-refractivity contribution >= 4 is 15.8 Å². The standard InChI is InChI=1S/C17H27NO2S.C8H8O.C2H6/c1-3-4-6-15-7-5-8-16(13-15)18-21(19,20)17-11-9-14(2)10-12-17;1-7(9)8-5-3-2-4-6-8;1-2/h9-12,15-16,18H,3-8,13H2,1-2H3;2-6H,1H3;1-2H3. The van der Waals surface area contributed by atoms with Crippen molar-refractivity contribution < 1.29 is 13.2 Å². The van der Waals surface area contributed by atoms with Gasteiger partial charge in [0.25, 0.3) is 0 Å². The molecule has 0 heterocycles. The maximum absolute atomic E-state index is 12.4. The Labute approximate surface area is 195 Å². The molecule has 0 spiro atoms. The third kappa shape index (κ3) is 10.1. The highest BCUT2D eigenvalue weighted by molar-refractivity contribution is 7.89. The van der Waals surface area contributed by atoms with Crippen LogP contribution in [0.15, 0.2) is 59.5 Å². The Morgan fingerprint density at radius 1 is 1.00 bits per heavy atom. The molecule has 1 aliphatic carbocycles. The van der Waals surface area contributed by atoms with E-state index in [2.05, 4.69) is 11.6 Å². The Kier molecular flexibility index (Phi) is 13.1.